The lowest BCUT2D eigenvalue weighted by atomic mass is 10.0. The second kappa shape index (κ2) is 5.23. The molecule has 1 saturated heterocycles. The first-order valence-electron chi connectivity index (χ1n) is 6.45. The fourth-order valence-corrected chi connectivity index (χ4v) is 2.24. The van der Waals surface area contributed by atoms with Gasteiger partial charge in [-0.25, -0.2) is 0 Å². The van der Waals surface area contributed by atoms with E-state index in [4.69, 9.17) is 4.74 Å². The molecule has 1 unspecified atom stereocenters. The van der Waals surface area contributed by atoms with Gasteiger partial charge in [-0.1, -0.05) is 0 Å². The van der Waals surface area contributed by atoms with E-state index < -0.39 is 0 Å². The number of aliphatic imine (C=N–C) groups is 1. The van der Waals surface area contributed by atoms with Crippen molar-refractivity contribution in [2.24, 2.45) is 4.99 Å². The van der Waals surface area contributed by atoms with E-state index in [1.54, 1.807) is 0 Å². The predicted molar refractivity (Wildman–Crippen MR) is 69.4 cm³/mol. The molecule has 2 aliphatic rings. The first-order chi connectivity index (χ1) is 8.08. The van der Waals surface area contributed by atoms with Gasteiger partial charge in [0.2, 0.25) is 0 Å². The summed E-state index contributed by atoms with van der Waals surface area (Å²) in [4.78, 5) is 6.89. The van der Waals surface area contributed by atoms with E-state index in [1.165, 1.54) is 0 Å². The monoisotopic (exact) mass is 240 g/mol. The summed E-state index contributed by atoms with van der Waals surface area (Å²) in [6.07, 6.45) is 0. The average molecular weight is 240 g/mol. The van der Waals surface area contributed by atoms with Gasteiger partial charge in [0, 0.05) is 31.2 Å². The van der Waals surface area contributed by atoms with Crippen LogP contribution in [0.1, 0.15) is 20.8 Å². The number of morpholine rings is 1. The van der Waals surface area contributed by atoms with Crippen LogP contribution in [0.2, 0.25) is 0 Å². The van der Waals surface area contributed by atoms with Gasteiger partial charge >= 0.3 is 0 Å². The fourth-order valence-electron chi connectivity index (χ4n) is 2.24. The summed E-state index contributed by atoms with van der Waals surface area (Å²) in [5.74, 6) is 0.943. The Morgan fingerprint density at radius 3 is 2.76 bits per heavy atom. The van der Waals surface area contributed by atoms with Crippen LogP contribution in [0, 0.1) is 0 Å². The maximum atomic E-state index is 5.39. The van der Waals surface area contributed by atoms with E-state index in [0.717, 1.165) is 45.4 Å². The standard InChI is InChI=1S/C12H24N4O/c1-10-8-13-11(15-10)14-9-12(2,3)16-4-6-17-7-5-16/h10H,4-9H2,1-3H3,(H2,13,14,15). The van der Waals surface area contributed by atoms with Crippen LogP contribution in [0.15, 0.2) is 4.99 Å². The van der Waals surface area contributed by atoms with Crippen LogP contribution in [-0.4, -0.2) is 61.8 Å². The number of nitrogens with zero attached hydrogens (tertiary/aromatic N) is 2. The molecule has 0 spiro atoms. The van der Waals surface area contributed by atoms with Crippen molar-refractivity contribution < 1.29 is 4.74 Å². The third-order valence-electron chi connectivity index (χ3n) is 3.46. The van der Waals surface area contributed by atoms with Gasteiger partial charge in [0.05, 0.1) is 19.8 Å². The van der Waals surface area contributed by atoms with E-state index in [9.17, 15) is 0 Å². The first-order valence-corrected chi connectivity index (χ1v) is 6.45. The van der Waals surface area contributed by atoms with Crippen molar-refractivity contribution in [3.8, 4) is 0 Å². The molecular formula is C12H24N4O. The van der Waals surface area contributed by atoms with Gasteiger partial charge in [0.15, 0.2) is 5.96 Å². The second-order valence-electron chi connectivity index (χ2n) is 5.50. The highest BCUT2D eigenvalue weighted by Crippen LogP contribution is 2.15. The molecule has 0 aromatic heterocycles. The Labute approximate surface area is 104 Å². The minimum atomic E-state index is 0.139. The fraction of sp³-hybridized carbons (Fsp3) is 0.917. The third-order valence-corrected chi connectivity index (χ3v) is 3.46. The van der Waals surface area contributed by atoms with E-state index in [0.29, 0.717) is 6.04 Å². The molecular weight excluding hydrogens is 216 g/mol. The SMILES string of the molecule is CC1CN=C(NCC(C)(C)N2CCOCC2)N1. The van der Waals surface area contributed by atoms with E-state index >= 15 is 0 Å². The molecule has 0 radical (unpaired) electrons. The van der Waals surface area contributed by atoms with Crippen LogP contribution in [0.4, 0.5) is 0 Å². The molecule has 98 valence electrons. The molecule has 0 saturated carbocycles. The van der Waals surface area contributed by atoms with Crippen molar-refractivity contribution in [1.29, 1.82) is 0 Å². The zero-order chi connectivity index (χ0) is 12.3. The van der Waals surface area contributed by atoms with E-state index in [2.05, 4.69) is 41.3 Å². The van der Waals surface area contributed by atoms with Gasteiger partial charge in [0.1, 0.15) is 0 Å². The summed E-state index contributed by atoms with van der Waals surface area (Å²) in [7, 11) is 0. The number of hydrogen-bond donors (Lipinski definition) is 2. The van der Waals surface area contributed by atoms with Crippen molar-refractivity contribution in [1.82, 2.24) is 15.5 Å². The third kappa shape index (κ3) is 3.33. The number of nitrogens with one attached hydrogen (secondary N) is 2. The summed E-state index contributed by atoms with van der Waals surface area (Å²) in [6, 6.07) is 0.462. The lowest BCUT2D eigenvalue weighted by molar-refractivity contribution is -0.00832. The van der Waals surface area contributed by atoms with Gasteiger partial charge in [-0.3, -0.25) is 9.89 Å². The van der Waals surface area contributed by atoms with Crippen LogP contribution < -0.4 is 10.6 Å². The number of ether oxygens (including phenoxy) is 1. The number of hydrogen-bond acceptors (Lipinski definition) is 5. The molecule has 0 aromatic carbocycles. The van der Waals surface area contributed by atoms with E-state index in [1.807, 2.05) is 0 Å². The summed E-state index contributed by atoms with van der Waals surface area (Å²) >= 11 is 0. The topological polar surface area (TPSA) is 48.9 Å². The minimum Gasteiger partial charge on any atom is -0.379 e. The highest BCUT2D eigenvalue weighted by molar-refractivity contribution is 5.81. The molecule has 1 fully saturated rings. The largest absolute Gasteiger partial charge is 0.379 e. The molecule has 2 aliphatic heterocycles. The Balaban J connectivity index is 1.80. The highest BCUT2D eigenvalue weighted by Gasteiger charge is 2.28. The molecule has 2 rings (SSSR count). The van der Waals surface area contributed by atoms with Crippen LogP contribution in [-0.2, 0) is 4.74 Å². The quantitative estimate of drug-likeness (QED) is 0.731. The molecule has 0 amide bonds. The highest BCUT2D eigenvalue weighted by atomic mass is 16.5. The summed E-state index contributed by atoms with van der Waals surface area (Å²) in [5.41, 5.74) is 0.139. The molecule has 2 N–H and O–H groups in total. The second-order valence-corrected chi connectivity index (χ2v) is 5.50. The molecule has 1 atom stereocenters. The molecule has 5 nitrogen and oxygen atoms in total. The zero-order valence-electron chi connectivity index (χ0n) is 11.1. The lowest BCUT2D eigenvalue weighted by Crippen LogP contribution is -2.56. The maximum Gasteiger partial charge on any atom is 0.191 e. The molecule has 17 heavy (non-hydrogen) atoms. The molecule has 5 heteroatoms. The van der Waals surface area contributed by atoms with Crippen LogP contribution >= 0.6 is 0 Å². The molecule has 0 aromatic rings. The zero-order valence-corrected chi connectivity index (χ0v) is 11.1. The van der Waals surface area contributed by atoms with E-state index in [-0.39, 0.29) is 5.54 Å². The van der Waals surface area contributed by atoms with Gasteiger partial charge in [-0.05, 0) is 20.8 Å². The molecule has 0 bridgehead atoms. The Morgan fingerprint density at radius 1 is 1.47 bits per heavy atom. The maximum absolute atomic E-state index is 5.39. The van der Waals surface area contributed by atoms with Gasteiger partial charge < -0.3 is 15.4 Å². The Bertz CT molecular complexity index is 284. The molecule has 0 aliphatic carbocycles. The van der Waals surface area contributed by atoms with Crippen molar-refractivity contribution in [2.75, 3.05) is 39.4 Å². The summed E-state index contributed by atoms with van der Waals surface area (Å²) in [6.45, 7) is 12.2. The summed E-state index contributed by atoms with van der Waals surface area (Å²) in [5, 5.41) is 6.73. The van der Waals surface area contributed by atoms with Gasteiger partial charge in [-0.15, -0.1) is 0 Å². The molecule has 2 heterocycles. The van der Waals surface area contributed by atoms with Crippen molar-refractivity contribution in [3.63, 3.8) is 0 Å². The predicted octanol–water partition coefficient (Wildman–Crippen LogP) is 0.0345. The van der Waals surface area contributed by atoms with Gasteiger partial charge in [0.25, 0.3) is 0 Å². The van der Waals surface area contributed by atoms with Crippen molar-refractivity contribution >= 4 is 5.96 Å². The normalized spacial score (nSPS) is 26.5. The Kier molecular flexibility index (Phi) is 3.89. The summed E-state index contributed by atoms with van der Waals surface area (Å²) < 4.78 is 5.39. The minimum absolute atomic E-state index is 0.139. The van der Waals surface area contributed by atoms with Crippen LogP contribution in [0.3, 0.4) is 0 Å². The Morgan fingerprint density at radius 2 is 2.18 bits per heavy atom. The Hall–Kier alpha value is -0.810. The first kappa shape index (κ1) is 12.6. The lowest BCUT2D eigenvalue weighted by Gasteiger charge is -2.41. The van der Waals surface area contributed by atoms with Crippen molar-refractivity contribution in [2.45, 2.75) is 32.4 Å². The van der Waals surface area contributed by atoms with Crippen molar-refractivity contribution in [3.05, 3.63) is 0 Å². The number of rotatable bonds is 3. The van der Waals surface area contributed by atoms with Crippen LogP contribution in [0.25, 0.3) is 0 Å². The smallest absolute Gasteiger partial charge is 0.191 e. The number of guanidine groups is 1. The average Bonchev–Trinajstić information content (AvgIpc) is 2.74. The van der Waals surface area contributed by atoms with Crippen LogP contribution in [0.5, 0.6) is 0 Å². The van der Waals surface area contributed by atoms with Gasteiger partial charge in [-0.2, -0.15) is 0 Å².